The van der Waals surface area contributed by atoms with Crippen LogP contribution in [-0.2, 0) is 0 Å². The van der Waals surface area contributed by atoms with E-state index in [0.29, 0.717) is 0 Å². The normalized spacial score (nSPS) is 10.3. The van der Waals surface area contributed by atoms with Crippen LogP contribution in [-0.4, -0.2) is 38.5 Å². The van der Waals surface area contributed by atoms with Gasteiger partial charge in [0, 0.05) is 0 Å². The Hall–Kier alpha value is -1.26. The number of ether oxygens (including phenoxy) is 2. The zero-order valence-corrected chi connectivity index (χ0v) is 11.1. The number of unbranched alkanes of at least 4 members (excludes halogenated alkanes) is 2. The Kier molecular flexibility index (Phi) is 8.01. The number of hydrogen-bond acceptors (Lipinski definition) is 3. The summed E-state index contributed by atoms with van der Waals surface area (Å²) in [4.78, 5) is 0. The summed E-state index contributed by atoms with van der Waals surface area (Å²) >= 11 is 0. The summed E-state index contributed by atoms with van der Waals surface area (Å²) < 4.78 is 10.9. The first-order valence-corrected chi connectivity index (χ1v) is 6.57. The van der Waals surface area contributed by atoms with Crippen LogP contribution in [0.5, 0.6) is 11.5 Å². The lowest BCUT2D eigenvalue weighted by atomic mass is 10.2. The van der Waals surface area contributed by atoms with Gasteiger partial charge in [0.05, 0.1) is 33.4 Å². The molecular weight excluding hydrogens is 230 g/mol. The average Bonchev–Trinajstić information content (AvgIpc) is 2.42. The van der Waals surface area contributed by atoms with Gasteiger partial charge in [-0.05, 0) is 31.4 Å². The zero-order chi connectivity index (χ0) is 13.1. The van der Waals surface area contributed by atoms with E-state index in [9.17, 15) is 0 Å². The van der Waals surface area contributed by atoms with Crippen LogP contribution in [0.25, 0.3) is 0 Å². The first-order chi connectivity index (χ1) is 8.88. The molecule has 0 bridgehead atoms. The van der Waals surface area contributed by atoms with E-state index in [0.717, 1.165) is 50.5 Å². The molecule has 4 heteroatoms. The van der Waals surface area contributed by atoms with E-state index < -0.39 is 0 Å². The molecule has 0 spiro atoms. The van der Waals surface area contributed by atoms with E-state index >= 15 is 0 Å². The van der Waals surface area contributed by atoms with Crippen molar-refractivity contribution in [3.63, 3.8) is 0 Å². The van der Waals surface area contributed by atoms with Crippen molar-refractivity contribution in [1.29, 1.82) is 0 Å². The molecule has 0 atom stereocenters. The maximum absolute atomic E-state index is 8.62. The zero-order valence-electron chi connectivity index (χ0n) is 11.1. The van der Waals surface area contributed by atoms with Crippen LogP contribution in [0.15, 0.2) is 24.3 Å². The third kappa shape index (κ3) is 5.89. The van der Waals surface area contributed by atoms with Crippen molar-refractivity contribution in [3.8, 4) is 11.5 Å². The molecule has 0 aliphatic rings. The fraction of sp³-hybridized carbons (Fsp3) is 0.571. The second kappa shape index (κ2) is 9.74. The lowest BCUT2D eigenvalue weighted by Crippen LogP contribution is -2.85. The fourth-order valence-electron chi connectivity index (χ4n) is 1.72. The van der Waals surface area contributed by atoms with Gasteiger partial charge in [0.15, 0.2) is 11.5 Å². The summed E-state index contributed by atoms with van der Waals surface area (Å²) in [5.41, 5.74) is 0. The van der Waals surface area contributed by atoms with E-state index in [4.69, 9.17) is 14.6 Å². The number of hydrogen-bond donors (Lipinski definition) is 2. The molecule has 3 N–H and O–H groups in total. The van der Waals surface area contributed by atoms with Crippen LogP contribution >= 0.6 is 0 Å². The molecule has 1 aromatic carbocycles. The monoisotopic (exact) mass is 254 g/mol. The van der Waals surface area contributed by atoms with Gasteiger partial charge in [-0.15, -0.1) is 0 Å². The molecule has 0 heterocycles. The summed E-state index contributed by atoms with van der Waals surface area (Å²) in [7, 11) is 1.65. The molecule has 0 radical (unpaired) electrons. The Balaban J connectivity index is 2.07. The maximum atomic E-state index is 8.62. The highest BCUT2D eigenvalue weighted by Crippen LogP contribution is 2.25. The Morgan fingerprint density at radius 2 is 1.83 bits per heavy atom. The number of aliphatic hydroxyl groups excluding tert-OH is 1. The molecule has 1 rings (SSSR count). The van der Waals surface area contributed by atoms with Gasteiger partial charge in [0.1, 0.15) is 0 Å². The fourth-order valence-corrected chi connectivity index (χ4v) is 1.72. The largest absolute Gasteiger partial charge is 0.493 e. The van der Waals surface area contributed by atoms with Gasteiger partial charge in [-0.25, -0.2) is 0 Å². The summed E-state index contributed by atoms with van der Waals surface area (Å²) in [6, 6.07) is 7.71. The second-order valence-corrected chi connectivity index (χ2v) is 4.15. The van der Waals surface area contributed by atoms with Crippen LogP contribution in [0.3, 0.4) is 0 Å². The lowest BCUT2D eigenvalue weighted by molar-refractivity contribution is -0.656. The van der Waals surface area contributed by atoms with Crippen LogP contribution in [0.2, 0.25) is 0 Å². The van der Waals surface area contributed by atoms with E-state index in [1.165, 1.54) is 0 Å². The molecular formula is C14H24NO3+. The number of rotatable bonds is 10. The van der Waals surface area contributed by atoms with Crippen molar-refractivity contribution in [1.82, 2.24) is 0 Å². The van der Waals surface area contributed by atoms with Crippen molar-refractivity contribution in [2.24, 2.45) is 0 Å². The Morgan fingerprint density at radius 1 is 1.06 bits per heavy atom. The van der Waals surface area contributed by atoms with Gasteiger partial charge in [0.2, 0.25) is 0 Å². The highest BCUT2D eigenvalue weighted by atomic mass is 16.5. The smallest absolute Gasteiger partial charge is 0.161 e. The maximum Gasteiger partial charge on any atom is 0.161 e. The number of nitrogens with two attached hydrogens (primary N) is 1. The Morgan fingerprint density at radius 3 is 2.56 bits per heavy atom. The van der Waals surface area contributed by atoms with Gasteiger partial charge in [-0.3, -0.25) is 0 Å². The van der Waals surface area contributed by atoms with Crippen molar-refractivity contribution in [2.75, 3.05) is 33.4 Å². The number of aliphatic hydroxyl groups is 1. The number of para-hydroxylation sites is 2. The molecule has 4 nitrogen and oxygen atoms in total. The first kappa shape index (κ1) is 14.8. The van der Waals surface area contributed by atoms with Crippen molar-refractivity contribution < 1.29 is 19.9 Å². The number of benzene rings is 1. The van der Waals surface area contributed by atoms with Crippen LogP contribution in [0.4, 0.5) is 0 Å². The number of quaternary nitrogens is 1. The predicted octanol–water partition coefficient (Wildman–Crippen LogP) is 0.800. The van der Waals surface area contributed by atoms with Crippen LogP contribution < -0.4 is 14.8 Å². The van der Waals surface area contributed by atoms with Gasteiger partial charge >= 0.3 is 0 Å². The summed E-state index contributed by atoms with van der Waals surface area (Å²) in [5, 5.41) is 10.8. The lowest BCUT2D eigenvalue weighted by Gasteiger charge is -2.09. The molecule has 0 amide bonds. The minimum Gasteiger partial charge on any atom is -0.493 e. The molecule has 102 valence electrons. The standard InChI is InChI=1S/C14H23NO3/c1-17-13-7-3-4-8-14(13)18-12-6-2-5-9-15-10-11-16/h3-4,7-8,15-16H,2,5-6,9-12H2,1H3/p+1. The van der Waals surface area contributed by atoms with Crippen LogP contribution in [0, 0.1) is 0 Å². The third-order valence-electron chi connectivity index (χ3n) is 2.71. The van der Waals surface area contributed by atoms with E-state index in [-0.39, 0.29) is 6.61 Å². The van der Waals surface area contributed by atoms with Crippen LogP contribution in [0.1, 0.15) is 19.3 Å². The topological polar surface area (TPSA) is 55.3 Å². The molecule has 0 aliphatic heterocycles. The number of methoxy groups -OCH3 is 1. The summed E-state index contributed by atoms with van der Waals surface area (Å²) in [6.07, 6.45) is 3.36. The third-order valence-corrected chi connectivity index (χ3v) is 2.71. The quantitative estimate of drug-likeness (QED) is 0.607. The Labute approximate surface area is 109 Å². The average molecular weight is 254 g/mol. The van der Waals surface area contributed by atoms with Gasteiger partial charge in [-0.2, -0.15) is 0 Å². The molecule has 0 saturated heterocycles. The highest BCUT2D eigenvalue weighted by molar-refractivity contribution is 5.39. The van der Waals surface area contributed by atoms with Crippen molar-refractivity contribution in [3.05, 3.63) is 24.3 Å². The molecule has 0 fully saturated rings. The molecule has 0 aromatic heterocycles. The molecule has 1 aromatic rings. The minimum atomic E-state index is 0.261. The van der Waals surface area contributed by atoms with E-state index in [1.807, 2.05) is 24.3 Å². The first-order valence-electron chi connectivity index (χ1n) is 6.57. The van der Waals surface area contributed by atoms with Gasteiger partial charge in [-0.1, -0.05) is 12.1 Å². The molecule has 0 aliphatic carbocycles. The molecule has 0 unspecified atom stereocenters. The molecule has 0 saturated carbocycles. The van der Waals surface area contributed by atoms with Crippen molar-refractivity contribution in [2.45, 2.75) is 19.3 Å². The van der Waals surface area contributed by atoms with Crippen molar-refractivity contribution >= 4 is 0 Å². The SMILES string of the molecule is COc1ccccc1OCCCCC[NH2+]CCO. The Bertz CT molecular complexity index is 318. The van der Waals surface area contributed by atoms with Gasteiger partial charge in [0.25, 0.3) is 0 Å². The second-order valence-electron chi connectivity index (χ2n) is 4.15. The van der Waals surface area contributed by atoms with E-state index in [1.54, 1.807) is 7.11 Å². The highest BCUT2D eigenvalue weighted by Gasteiger charge is 2.01. The predicted molar refractivity (Wildman–Crippen MR) is 71.1 cm³/mol. The van der Waals surface area contributed by atoms with Gasteiger partial charge < -0.3 is 19.9 Å². The minimum absolute atomic E-state index is 0.261. The summed E-state index contributed by atoms with van der Waals surface area (Å²) in [5.74, 6) is 1.60. The molecule has 18 heavy (non-hydrogen) atoms. The van der Waals surface area contributed by atoms with E-state index in [2.05, 4.69) is 5.32 Å². The summed E-state index contributed by atoms with van der Waals surface area (Å²) in [6.45, 7) is 2.87.